The predicted octanol–water partition coefficient (Wildman–Crippen LogP) is 3.66. The van der Waals surface area contributed by atoms with Crippen molar-refractivity contribution in [1.29, 1.82) is 0 Å². The van der Waals surface area contributed by atoms with E-state index in [-0.39, 0.29) is 6.04 Å². The van der Waals surface area contributed by atoms with E-state index in [9.17, 15) is 0 Å². The fourth-order valence-electron chi connectivity index (χ4n) is 4.33. The summed E-state index contributed by atoms with van der Waals surface area (Å²) in [4.78, 5) is 15.5. The van der Waals surface area contributed by atoms with E-state index in [0.717, 1.165) is 59.2 Å². The molecule has 1 aliphatic heterocycles. The Hall–Kier alpha value is -4.24. The maximum Gasteiger partial charge on any atom is 0.164 e. The molecule has 0 atom stereocenters. The van der Waals surface area contributed by atoms with Gasteiger partial charge in [-0.1, -0.05) is 18.2 Å². The number of nitrogens with zero attached hydrogens (tertiary/aromatic N) is 7. The summed E-state index contributed by atoms with van der Waals surface area (Å²) >= 11 is 0. The summed E-state index contributed by atoms with van der Waals surface area (Å²) in [6.45, 7) is 2.56. The van der Waals surface area contributed by atoms with Gasteiger partial charge in [0.15, 0.2) is 5.65 Å². The molecule has 0 aliphatic carbocycles. The third kappa shape index (κ3) is 3.65. The third-order valence-electron chi connectivity index (χ3n) is 6.19. The molecule has 0 amide bonds. The van der Waals surface area contributed by atoms with Gasteiger partial charge in [0, 0.05) is 38.1 Å². The van der Waals surface area contributed by atoms with Gasteiger partial charge < -0.3 is 15.0 Å². The summed E-state index contributed by atoms with van der Waals surface area (Å²) in [5.41, 5.74) is 8.76. The first-order chi connectivity index (χ1) is 16.7. The summed E-state index contributed by atoms with van der Waals surface area (Å²) in [6, 6.07) is 17.8. The lowest BCUT2D eigenvalue weighted by atomic mass is 10.1. The Morgan fingerprint density at radius 3 is 2.47 bits per heavy atom. The normalized spacial score (nSPS) is 14.4. The summed E-state index contributed by atoms with van der Waals surface area (Å²) < 4.78 is 9.97. The number of aryl methyl sites for hydroxylation is 1. The number of fused-ring (bicyclic) bond motifs is 1. The number of aromatic nitrogens is 6. The molecule has 0 spiro atoms. The van der Waals surface area contributed by atoms with Gasteiger partial charge >= 0.3 is 0 Å². The number of hydrogen-bond acceptors (Lipinski definition) is 7. The Labute approximate surface area is 196 Å². The van der Waals surface area contributed by atoms with E-state index in [4.69, 9.17) is 15.6 Å². The molecule has 4 heterocycles. The standard InChI is InChI=1S/C25H24N8O/c1-31-12-11-27-21(31)15-32-13-18(14-32)33-25-22(24(26)28-16-29-25)23(30-33)17-7-9-20(10-8-17)34-19-5-3-2-4-6-19/h2-12,16,18H,13-15H2,1H3,(H2,26,28,29). The second-order valence-corrected chi connectivity index (χ2v) is 8.49. The van der Waals surface area contributed by atoms with Crippen molar-refractivity contribution in [3.05, 3.63) is 79.1 Å². The molecular formula is C25H24N8O. The first-order valence-corrected chi connectivity index (χ1v) is 11.2. The second-order valence-electron chi connectivity index (χ2n) is 8.49. The zero-order valence-electron chi connectivity index (χ0n) is 18.7. The molecule has 0 saturated carbocycles. The Bertz CT molecular complexity index is 1440. The first-order valence-electron chi connectivity index (χ1n) is 11.2. The molecule has 9 heteroatoms. The monoisotopic (exact) mass is 452 g/mol. The minimum atomic E-state index is 0.214. The number of nitrogen functional groups attached to an aromatic ring is 1. The van der Waals surface area contributed by atoms with Gasteiger partial charge in [0.1, 0.15) is 35.2 Å². The second kappa shape index (κ2) is 8.27. The van der Waals surface area contributed by atoms with Gasteiger partial charge in [-0.25, -0.2) is 19.6 Å². The predicted molar refractivity (Wildman–Crippen MR) is 129 cm³/mol. The Morgan fingerprint density at radius 2 is 1.74 bits per heavy atom. The van der Waals surface area contributed by atoms with Crippen LogP contribution in [0.3, 0.4) is 0 Å². The van der Waals surface area contributed by atoms with E-state index in [1.165, 1.54) is 6.33 Å². The van der Waals surface area contributed by atoms with Gasteiger partial charge in [-0.05, 0) is 36.4 Å². The molecule has 1 saturated heterocycles. The molecule has 3 aromatic heterocycles. The summed E-state index contributed by atoms with van der Waals surface area (Å²) in [5, 5.41) is 5.73. The van der Waals surface area contributed by atoms with Gasteiger partial charge in [-0.2, -0.15) is 5.10 Å². The highest BCUT2D eigenvalue weighted by Gasteiger charge is 2.32. The molecule has 0 bridgehead atoms. The topological polar surface area (TPSA) is 99.9 Å². The van der Waals surface area contributed by atoms with Crippen LogP contribution in [0.2, 0.25) is 0 Å². The third-order valence-corrected chi connectivity index (χ3v) is 6.19. The van der Waals surface area contributed by atoms with E-state index >= 15 is 0 Å². The van der Waals surface area contributed by atoms with Crippen LogP contribution in [-0.2, 0) is 13.6 Å². The van der Waals surface area contributed by atoms with E-state index in [0.29, 0.717) is 5.82 Å². The van der Waals surface area contributed by atoms with Crippen LogP contribution in [0.25, 0.3) is 22.3 Å². The molecule has 170 valence electrons. The van der Waals surface area contributed by atoms with Gasteiger partial charge in [-0.15, -0.1) is 0 Å². The van der Waals surface area contributed by atoms with E-state index in [1.54, 1.807) is 0 Å². The van der Waals surface area contributed by atoms with Crippen LogP contribution < -0.4 is 10.5 Å². The number of likely N-dealkylation sites (tertiary alicyclic amines) is 1. The smallest absolute Gasteiger partial charge is 0.164 e. The number of nitrogens with two attached hydrogens (primary N) is 1. The number of rotatable bonds is 6. The van der Waals surface area contributed by atoms with E-state index in [1.807, 2.05) is 83.3 Å². The summed E-state index contributed by atoms with van der Waals surface area (Å²) in [7, 11) is 2.02. The molecule has 0 unspecified atom stereocenters. The highest BCUT2D eigenvalue weighted by Crippen LogP contribution is 2.35. The number of hydrogen-bond donors (Lipinski definition) is 1. The van der Waals surface area contributed by atoms with Crippen LogP contribution in [0.4, 0.5) is 5.82 Å². The molecule has 0 radical (unpaired) electrons. The minimum absolute atomic E-state index is 0.214. The van der Waals surface area contributed by atoms with Crippen molar-refractivity contribution in [2.24, 2.45) is 7.05 Å². The van der Waals surface area contributed by atoms with Crippen molar-refractivity contribution in [3.8, 4) is 22.8 Å². The lowest BCUT2D eigenvalue weighted by molar-refractivity contribution is 0.0898. The van der Waals surface area contributed by atoms with Crippen LogP contribution in [0.5, 0.6) is 11.5 Å². The average molecular weight is 453 g/mol. The minimum Gasteiger partial charge on any atom is -0.457 e. The van der Waals surface area contributed by atoms with Gasteiger partial charge in [0.25, 0.3) is 0 Å². The van der Waals surface area contributed by atoms with Gasteiger partial charge in [0.05, 0.1) is 18.0 Å². The Kier molecular flexibility index (Phi) is 4.96. The molecule has 34 heavy (non-hydrogen) atoms. The highest BCUT2D eigenvalue weighted by atomic mass is 16.5. The van der Waals surface area contributed by atoms with Crippen LogP contribution in [0.15, 0.2) is 73.3 Å². The maximum atomic E-state index is 6.28. The molecule has 1 aliphatic rings. The van der Waals surface area contributed by atoms with Crippen molar-refractivity contribution in [2.45, 2.75) is 12.6 Å². The summed E-state index contributed by atoms with van der Waals surface area (Å²) in [5.74, 6) is 3.03. The largest absolute Gasteiger partial charge is 0.457 e. The molecule has 6 rings (SSSR count). The fourth-order valence-corrected chi connectivity index (χ4v) is 4.33. The number of imidazole rings is 1. The van der Waals surface area contributed by atoms with Crippen LogP contribution >= 0.6 is 0 Å². The zero-order chi connectivity index (χ0) is 23.1. The Balaban J connectivity index is 1.27. The van der Waals surface area contributed by atoms with Crippen LogP contribution in [0.1, 0.15) is 11.9 Å². The zero-order valence-corrected chi connectivity index (χ0v) is 18.7. The Morgan fingerprint density at radius 1 is 0.971 bits per heavy atom. The summed E-state index contributed by atoms with van der Waals surface area (Å²) in [6.07, 6.45) is 5.30. The number of para-hydroxylation sites is 1. The number of ether oxygens (including phenoxy) is 1. The average Bonchev–Trinajstić information content (AvgIpc) is 3.41. The lowest BCUT2D eigenvalue weighted by Gasteiger charge is -2.38. The van der Waals surface area contributed by atoms with Crippen LogP contribution in [-0.4, -0.2) is 47.3 Å². The molecule has 2 aromatic carbocycles. The van der Waals surface area contributed by atoms with Crippen molar-refractivity contribution in [3.63, 3.8) is 0 Å². The van der Waals surface area contributed by atoms with E-state index < -0.39 is 0 Å². The van der Waals surface area contributed by atoms with Gasteiger partial charge in [0.2, 0.25) is 0 Å². The van der Waals surface area contributed by atoms with Crippen molar-refractivity contribution < 1.29 is 4.74 Å². The van der Waals surface area contributed by atoms with Crippen LogP contribution in [0, 0.1) is 0 Å². The molecule has 1 fully saturated rings. The highest BCUT2D eigenvalue weighted by molar-refractivity contribution is 5.98. The van der Waals surface area contributed by atoms with Gasteiger partial charge in [-0.3, -0.25) is 4.90 Å². The van der Waals surface area contributed by atoms with Crippen molar-refractivity contribution in [2.75, 3.05) is 18.8 Å². The fraction of sp³-hybridized carbons (Fsp3) is 0.200. The number of anilines is 1. The lowest BCUT2D eigenvalue weighted by Crippen LogP contribution is -2.47. The maximum absolute atomic E-state index is 6.28. The van der Waals surface area contributed by atoms with Crippen molar-refractivity contribution in [1.82, 2.24) is 34.2 Å². The molecule has 2 N–H and O–H groups in total. The molecule has 9 nitrogen and oxygen atoms in total. The van der Waals surface area contributed by atoms with Crippen molar-refractivity contribution >= 4 is 16.9 Å². The SMILES string of the molecule is Cn1ccnc1CN1CC(n2nc(-c3ccc(Oc4ccccc4)cc3)c3c(N)ncnc32)C1. The molecular weight excluding hydrogens is 428 g/mol. The number of benzene rings is 2. The molecule has 5 aromatic rings. The first kappa shape index (κ1) is 20.4. The quantitative estimate of drug-likeness (QED) is 0.420. The van der Waals surface area contributed by atoms with E-state index in [2.05, 4.69) is 19.9 Å².